The van der Waals surface area contributed by atoms with Gasteiger partial charge in [-0.15, -0.1) is 0 Å². The Balaban J connectivity index is 1.82. The monoisotopic (exact) mass is 438 g/mol. The molecule has 1 aliphatic rings. The van der Waals surface area contributed by atoms with Gasteiger partial charge in [-0.25, -0.2) is 0 Å². The van der Waals surface area contributed by atoms with Gasteiger partial charge in [0.15, 0.2) is 23.0 Å². The Morgan fingerprint density at radius 2 is 1.94 bits per heavy atom. The number of ether oxygens (including phenoxy) is 4. The summed E-state index contributed by atoms with van der Waals surface area (Å²) >= 11 is 0. The lowest BCUT2D eigenvalue weighted by Crippen LogP contribution is -2.26. The summed E-state index contributed by atoms with van der Waals surface area (Å²) in [7, 11) is 3.77. The molecule has 0 saturated heterocycles. The van der Waals surface area contributed by atoms with E-state index in [0.717, 1.165) is 59.2 Å². The highest BCUT2D eigenvalue weighted by molar-refractivity contribution is 5.57. The van der Waals surface area contributed by atoms with Gasteiger partial charge < -0.3 is 23.8 Å². The normalized spacial score (nSPS) is 13.0. The second-order valence-corrected chi connectivity index (χ2v) is 8.67. The molecule has 6 heteroatoms. The summed E-state index contributed by atoms with van der Waals surface area (Å²) in [6, 6.07) is 12.3. The number of nitriles is 1. The average molecular weight is 439 g/mol. The Hall–Kier alpha value is -3.07. The lowest BCUT2D eigenvalue weighted by Gasteiger charge is -2.27. The van der Waals surface area contributed by atoms with Crippen molar-refractivity contribution in [1.82, 2.24) is 0 Å². The van der Waals surface area contributed by atoms with Crippen LogP contribution in [0.25, 0.3) is 0 Å². The first kappa shape index (κ1) is 23.6. The van der Waals surface area contributed by atoms with Crippen LogP contribution in [-0.2, 0) is 12.8 Å². The van der Waals surface area contributed by atoms with Crippen molar-refractivity contribution >= 4 is 5.69 Å². The van der Waals surface area contributed by atoms with Crippen LogP contribution in [0.15, 0.2) is 30.3 Å². The van der Waals surface area contributed by atoms with Crippen molar-refractivity contribution in [3.63, 3.8) is 0 Å². The molecule has 1 aliphatic heterocycles. The van der Waals surface area contributed by atoms with Crippen molar-refractivity contribution in [3.8, 4) is 29.1 Å². The Morgan fingerprint density at radius 1 is 1.16 bits per heavy atom. The number of anilines is 1. The zero-order valence-electron chi connectivity index (χ0n) is 19.8. The molecule has 2 aromatic rings. The summed E-state index contributed by atoms with van der Waals surface area (Å²) in [5.41, 5.74) is 3.16. The summed E-state index contributed by atoms with van der Waals surface area (Å²) in [5.74, 6) is 3.87. The van der Waals surface area contributed by atoms with Gasteiger partial charge in [0.05, 0.1) is 26.2 Å². The number of hydrogen-bond donors (Lipinski definition) is 0. The second-order valence-electron chi connectivity index (χ2n) is 8.67. The van der Waals surface area contributed by atoms with Crippen molar-refractivity contribution < 1.29 is 18.9 Å². The molecule has 0 fully saturated rings. The van der Waals surface area contributed by atoms with Gasteiger partial charge in [-0.05, 0) is 42.0 Å². The topological polar surface area (TPSA) is 64.0 Å². The number of methoxy groups -OCH3 is 1. The number of hydrogen-bond acceptors (Lipinski definition) is 6. The fourth-order valence-electron chi connectivity index (χ4n) is 3.96. The van der Waals surface area contributed by atoms with Gasteiger partial charge in [-0.3, -0.25) is 0 Å². The zero-order valence-corrected chi connectivity index (χ0v) is 19.8. The van der Waals surface area contributed by atoms with Gasteiger partial charge in [-0.2, -0.15) is 5.26 Å². The van der Waals surface area contributed by atoms with Gasteiger partial charge in [0.1, 0.15) is 0 Å². The van der Waals surface area contributed by atoms with Crippen LogP contribution in [0.1, 0.15) is 38.3 Å². The molecular weight excluding hydrogens is 404 g/mol. The number of fused-ring (bicyclic) bond motifs is 1. The molecular formula is C26H34N2O4. The predicted molar refractivity (Wildman–Crippen MR) is 126 cm³/mol. The van der Waals surface area contributed by atoms with Crippen LogP contribution in [0.2, 0.25) is 0 Å². The molecule has 0 aromatic heterocycles. The predicted octanol–water partition coefficient (Wildman–Crippen LogP) is 5.23. The fraction of sp³-hybridized carbons (Fsp3) is 0.500. The lowest BCUT2D eigenvalue weighted by molar-refractivity contribution is 0.174. The van der Waals surface area contributed by atoms with Crippen LogP contribution >= 0.6 is 0 Å². The molecule has 1 unspecified atom stereocenters. The third-order valence-electron chi connectivity index (χ3n) is 5.77. The van der Waals surface area contributed by atoms with Crippen LogP contribution < -0.4 is 23.8 Å². The van der Waals surface area contributed by atoms with Gasteiger partial charge >= 0.3 is 0 Å². The minimum Gasteiger partial charge on any atom is -0.493 e. The highest BCUT2D eigenvalue weighted by Crippen LogP contribution is 2.38. The van der Waals surface area contributed by atoms with Crippen LogP contribution in [-0.4, -0.2) is 34.1 Å². The summed E-state index contributed by atoms with van der Waals surface area (Å²) in [4.78, 5) is 2.24. The zero-order chi connectivity index (χ0) is 23.1. The summed E-state index contributed by atoms with van der Waals surface area (Å²) in [5, 5.41) is 9.36. The first-order chi connectivity index (χ1) is 15.5. The minimum absolute atomic E-state index is 0.275. The van der Waals surface area contributed by atoms with E-state index in [2.05, 4.69) is 44.9 Å². The van der Waals surface area contributed by atoms with Crippen LogP contribution in [0.3, 0.4) is 0 Å². The Labute approximate surface area is 191 Å². The third-order valence-corrected chi connectivity index (χ3v) is 5.77. The molecule has 0 saturated carbocycles. The maximum Gasteiger partial charge on any atom is 0.231 e. The second kappa shape index (κ2) is 11.0. The molecule has 0 spiro atoms. The number of rotatable bonds is 11. The fourth-order valence-corrected chi connectivity index (χ4v) is 3.96. The molecule has 1 heterocycles. The third kappa shape index (κ3) is 5.59. The standard InChI is InChI=1S/C26H34N2O4/c1-6-19(15-28(4)21-8-10-23-25(14-21)32-17-31-23)13-22-20(11-12-27)7-9-24(26(22)29-5)30-16-18(2)3/h7-10,14,18-19H,6,11,13,15-17H2,1-5H3. The first-order valence-corrected chi connectivity index (χ1v) is 11.3. The molecule has 6 nitrogen and oxygen atoms in total. The van der Waals surface area contributed by atoms with E-state index in [1.165, 1.54) is 0 Å². The van der Waals surface area contributed by atoms with Gasteiger partial charge in [0.25, 0.3) is 0 Å². The van der Waals surface area contributed by atoms with E-state index in [1.54, 1.807) is 7.11 Å². The molecule has 0 N–H and O–H groups in total. The molecule has 0 bridgehead atoms. The first-order valence-electron chi connectivity index (χ1n) is 11.3. The quantitative estimate of drug-likeness (QED) is 0.479. The maximum atomic E-state index is 9.36. The van der Waals surface area contributed by atoms with Crippen molar-refractivity contribution in [2.24, 2.45) is 11.8 Å². The highest BCUT2D eigenvalue weighted by Gasteiger charge is 2.21. The van der Waals surface area contributed by atoms with Crippen molar-refractivity contribution in [3.05, 3.63) is 41.5 Å². The Morgan fingerprint density at radius 3 is 2.62 bits per heavy atom. The Kier molecular flexibility index (Phi) is 8.10. The van der Waals surface area contributed by atoms with E-state index >= 15 is 0 Å². The minimum atomic E-state index is 0.275. The van der Waals surface area contributed by atoms with Crippen molar-refractivity contribution in [1.29, 1.82) is 5.26 Å². The van der Waals surface area contributed by atoms with Crippen LogP contribution in [0.4, 0.5) is 5.69 Å². The van der Waals surface area contributed by atoms with Crippen LogP contribution in [0.5, 0.6) is 23.0 Å². The van der Waals surface area contributed by atoms with Crippen molar-refractivity contribution in [2.75, 3.05) is 39.0 Å². The SMILES string of the molecule is CCC(Cc1c(CC#N)ccc(OCC(C)C)c1OC)CN(C)c1ccc2c(c1)OCO2. The van der Waals surface area contributed by atoms with E-state index in [9.17, 15) is 5.26 Å². The van der Waals surface area contributed by atoms with E-state index in [1.807, 2.05) is 24.3 Å². The van der Waals surface area contributed by atoms with E-state index in [4.69, 9.17) is 18.9 Å². The molecule has 0 amide bonds. The maximum absolute atomic E-state index is 9.36. The molecule has 32 heavy (non-hydrogen) atoms. The Bertz CT molecular complexity index is 952. The van der Waals surface area contributed by atoms with E-state index in [-0.39, 0.29) is 6.79 Å². The summed E-state index contributed by atoms with van der Waals surface area (Å²) < 4.78 is 22.8. The highest BCUT2D eigenvalue weighted by atomic mass is 16.7. The molecule has 0 radical (unpaired) electrons. The van der Waals surface area contributed by atoms with Gasteiger partial charge in [0, 0.05) is 30.9 Å². The lowest BCUT2D eigenvalue weighted by atomic mass is 9.91. The summed E-state index contributed by atoms with van der Waals surface area (Å²) in [6.07, 6.45) is 2.16. The summed E-state index contributed by atoms with van der Waals surface area (Å²) in [6.45, 7) is 8.21. The van der Waals surface area contributed by atoms with Crippen molar-refractivity contribution in [2.45, 2.75) is 40.0 Å². The van der Waals surface area contributed by atoms with Gasteiger partial charge in [-0.1, -0.05) is 33.3 Å². The number of benzene rings is 2. The molecule has 1 atom stereocenters. The average Bonchev–Trinajstić information content (AvgIpc) is 3.26. The van der Waals surface area contributed by atoms with E-state index in [0.29, 0.717) is 24.9 Å². The molecule has 172 valence electrons. The molecule has 3 rings (SSSR count). The molecule has 2 aromatic carbocycles. The van der Waals surface area contributed by atoms with Gasteiger partial charge in [0.2, 0.25) is 6.79 Å². The number of nitrogens with zero attached hydrogens (tertiary/aromatic N) is 2. The molecule has 0 aliphatic carbocycles. The smallest absolute Gasteiger partial charge is 0.231 e. The van der Waals surface area contributed by atoms with Crippen LogP contribution in [0, 0.1) is 23.2 Å². The van der Waals surface area contributed by atoms with E-state index < -0.39 is 0 Å². The largest absolute Gasteiger partial charge is 0.493 e.